The van der Waals surface area contributed by atoms with Gasteiger partial charge in [-0.3, -0.25) is 0 Å². The van der Waals surface area contributed by atoms with Gasteiger partial charge in [0.05, 0.1) is 4.90 Å². The number of benzene rings is 1. The van der Waals surface area contributed by atoms with Crippen molar-refractivity contribution in [2.75, 3.05) is 0 Å². The van der Waals surface area contributed by atoms with Crippen LogP contribution in [0.1, 0.15) is 31.7 Å². The van der Waals surface area contributed by atoms with E-state index in [0.717, 1.165) is 12.0 Å². The van der Waals surface area contributed by atoms with Crippen LogP contribution in [0.5, 0.6) is 0 Å². The molecule has 0 saturated heterocycles. The maximum absolute atomic E-state index is 12.3. The summed E-state index contributed by atoms with van der Waals surface area (Å²) in [7, 11) is 0. The van der Waals surface area contributed by atoms with Gasteiger partial charge in [0.15, 0.2) is 0 Å². The maximum atomic E-state index is 12.3. The van der Waals surface area contributed by atoms with Gasteiger partial charge in [0.1, 0.15) is 0 Å². The van der Waals surface area contributed by atoms with Crippen LogP contribution >= 0.6 is 11.2 Å². The van der Waals surface area contributed by atoms with E-state index in [2.05, 4.69) is 0 Å². The molecule has 0 N–H and O–H groups in total. The number of rotatable bonds is 3. The van der Waals surface area contributed by atoms with Crippen LogP contribution in [0, 0.1) is 0 Å². The second kappa shape index (κ2) is 4.26. The van der Waals surface area contributed by atoms with Gasteiger partial charge in [0.2, 0.25) is 11.2 Å². The fourth-order valence-electron chi connectivity index (χ4n) is 1.19. The lowest BCUT2D eigenvalue weighted by Crippen LogP contribution is -1.91. The van der Waals surface area contributed by atoms with Crippen LogP contribution < -0.4 is 0 Å². The van der Waals surface area contributed by atoms with E-state index in [0.29, 0.717) is 5.92 Å². The first-order valence-electron chi connectivity index (χ1n) is 4.47. The molecule has 0 fully saturated rings. The van der Waals surface area contributed by atoms with Crippen LogP contribution in [0.15, 0.2) is 29.2 Å². The summed E-state index contributed by atoms with van der Waals surface area (Å²) < 4.78 is 36.9. The first-order chi connectivity index (χ1) is 6.45. The minimum Gasteiger partial charge on any atom is -0.120 e. The number of hydrogen-bond donors (Lipinski definition) is 0. The molecular formula is C10H13F3S. The first kappa shape index (κ1) is 11.4. The first-order valence-corrected chi connectivity index (χ1v) is 5.80. The Bertz CT molecular complexity index is 289. The van der Waals surface area contributed by atoms with Gasteiger partial charge in [-0.2, -0.15) is 0 Å². The van der Waals surface area contributed by atoms with Crippen LogP contribution in [0.4, 0.5) is 11.7 Å². The summed E-state index contributed by atoms with van der Waals surface area (Å²) in [5, 5.41) is 0. The Balaban J connectivity index is 2.89. The van der Waals surface area contributed by atoms with E-state index < -0.39 is 16.1 Å². The zero-order valence-corrected chi connectivity index (χ0v) is 8.95. The van der Waals surface area contributed by atoms with Gasteiger partial charge in [-0.25, -0.2) is 0 Å². The Hall–Kier alpha value is -0.640. The van der Waals surface area contributed by atoms with E-state index >= 15 is 0 Å². The Kier molecular flexibility index (Phi) is 3.48. The number of hydrogen-bond acceptors (Lipinski definition) is 0. The van der Waals surface area contributed by atoms with E-state index in [1.54, 1.807) is 12.1 Å². The molecule has 1 rings (SSSR count). The molecule has 0 aliphatic heterocycles. The highest BCUT2D eigenvalue weighted by atomic mass is 32.3. The Labute approximate surface area is 84.3 Å². The summed E-state index contributed by atoms with van der Waals surface area (Å²) in [6.07, 6.45) is 0.943. The molecule has 0 saturated carbocycles. The third-order valence-corrected chi connectivity index (χ3v) is 3.14. The highest BCUT2D eigenvalue weighted by molar-refractivity contribution is 8.20. The molecule has 0 amide bonds. The van der Waals surface area contributed by atoms with E-state index in [1.807, 2.05) is 13.8 Å². The monoisotopic (exact) mass is 222 g/mol. The lowest BCUT2D eigenvalue weighted by atomic mass is 9.99. The predicted octanol–water partition coefficient (Wildman–Crippen LogP) is 5.02. The van der Waals surface area contributed by atoms with E-state index in [-0.39, 0.29) is 0 Å². The normalized spacial score (nSPS) is 15.2. The van der Waals surface area contributed by atoms with Crippen molar-refractivity contribution in [1.29, 1.82) is 0 Å². The summed E-state index contributed by atoms with van der Waals surface area (Å²) in [6.45, 7) is 4.03. The van der Waals surface area contributed by atoms with Crippen molar-refractivity contribution in [2.45, 2.75) is 31.1 Å². The van der Waals surface area contributed by atoms with Gasteiger partial charge in [0, 0.05) is 0 Å². The maximum Gasteiger partial charge on any atom is 0.237 e. The standard InChI is InChI=1S/C10H13F3S/c1-3-8(2)9-4-6-10(7-5-9)14(11,12)13/h4-8H,3H2,1-2H3. The highest BCUT2D eigenvalue weighted by Crippen LogP contribution is 2.60. The van der Waals surface area contributed by atoms with Crippen molar-refractivity contribution in [1.82, 2.24) is 0 Å². The van der Waals surface area contributed by atoms with Crippen molar-refractivity contribution in [2.24, 2.45) is 0 Å². The molecule has 80 valence electrons. The molecule has 1 aromatic carbocycles. The van der Waals surface area contributed by atoms with Crippen molar-refractivity contribution in [3.63, 3.8) is 0 Å². The number of halogens is 3. The summed E-state index contributed by atoms with van der Waals surface area (Å²) in [5.41, 5.74) is 0.972. The molecule has 0 aliphatic rings. The topological polar surface area (TPSA) is 0 Å². The third-order valence-electron chi connectivity index (χ3n) is 2.33. The lowest BCUT2D eigenvalue weighted by Gasteiger charge is -2.12. The molecule has 0 spiro atoms. The molecule has 0 nitrogen and oxygen atoms in total. The minimum absolute atomic E-state index is 0.326. The average molecular weight is 222 g/mol. The van der Waals surface area contributed by atoms with Crippen LogP contribution in [-0.2, 0) is 0 Å². The van der Waals surface area contributed by atoms with Gasteiger partial charge >= 0.3 is 0 Å². The van der Waals surface area contributed by atoms with Crippen LogP contribution in [0.25, 0.3) is 0 Å². The van der Waals surface area contributed by atoms with Crippen molar-refractivity contribution in [3.05, 3.63) is 29.8 Å². The fraction of sp³-hybridized carbons (Fsp3) is 0.400. The predicted molar refractivity (Wildman–Crippen MR) is 54.3 cm³/mol. The van der Waals surface area contributed by atoms with E-state index in [9.17, 15) is 11.7 Å². The minimum atomic E-state index is -5.05. The molecular weight excluding hydrogens is 209 g/mol. The Morgan fingerprint density at radius 2 is 1.64 bits per heavy atom. The largest absolute Gasteiger partial charge is 0.237 e. The van der Waals surface area contributed by atoms with Gasteiger partial charge < -0.3 is 0 Å². The lowest BCUT2D eigenvalue weighted by molar-refractivity contribution is 0.633. The summed E-state index contributed by atoms with van der Waals surface area (Å²) >= 11 is -5.05. The van der Waals surface area contributed by atoms with Gasteiger partial charge in [0.25, 0.3) is 0 Å². The Morgan fingerprint density at radius 3 is 2.00 bits per heavy atom. The molecule has 1 aromatic rings. The molecule has 14 heavy (non-hydrogen) atoms. The SMILES string of the molecule is CCC(C)c1ccc(S(F)(F)F)cc1. The van der Waals surface area contributed by atoms with Crippen LogP contribution in [-0.4, -0.2) is 0 Å². The molecule has 0 bridgehead atoms. The van der Waals surface area contributed by atoms with Crippen LogP contribution in [0.2, 0.25) is 0 Å². The smallest absolute Gasteiger partial charge is 0.120 e. The molecule has 0 aromatic heterocycles. The van der Waals surface area contributed by atoms with Gasteiger partial charge in [-0.15, -0.1) is 11.7 Å². The van der Waals surface area contributed by atoms with Crippen LogP contribution in [0.3, 0.4) is 0 Å². The molecule has 0 heterocycles. The quantitative estimate of drug-likeness (QED) is 0.673. The molecule has 0 aliphatic carbocycles. The molecule has 1 unspecified atom stereocenters. The molecule has 1 atom stereocenters. The highest BCUT2D eigenvalue weighted by Gasteiger charge is 2.23. The van der Waals surface area contributed by atoms with E-state index in [4.69, 9.17) is 0 Å². The summed E-state index contributed by atoms with van der Waals surface area (Å²) in [6, 6.07) is 5.50. The Morgan fingerprint density at radius 1 is 1.14 bits per heavy atom. The zero-order valence-electron chi connectivity index (χ0n) is 8.14. The third kappa shape index (κ3) is 2.67. The summed E-state index contributed by atoms with van der Waals surface area (Å²) in [5.74, 6) is 0.326. The second-order valence-corrected chi connectivity index (χ2v) is 4.57. The average Bonchev–Trinajstić information content (AvgIpc) is 2.15. The second-order valence-electron chi connectivity index (χ2n) is 3.28. The van der Waals surface area contributed by atoms with Crippen molar-refractivity contribution in [3.8, 4) is 0 Å². The summed E-state index contributed by atoms with van der Waals surface area (Å²) in [4.78, 5) is -0.496. The van der Waals surface area contributed by atoms with Gasteiger partial charge in [-0.05, 0) is 30.0 Å². The van der Waals surface area contributed by atoms with Crippen molar-refractivity contribution < 1.29 is 11.7 Å². The van der Waals surface area contributed by atoms with Gasteiger partial charge in [-0.1, -0.05) is 26.0 Å². The molecule has 0 radical (unpaired) electrons. The van der Waals surface area contributed by atoms with Crippen molar-refractivity contribution >= 4 is 11.2 Å². The fourth-order valence-corrected chi connectivity index (χ4v) is 1.63. The molecule has 4 heteroatoms. The van der Waals surface area contributed by atoms with E-state index in [1.165, 1.54) is 12.1 Å². The zero-order chi connectivity index (χ0) is 10.8.